The minimum absolute atomic E-state index is 0.0629. The van der Waals surface area contributed by atoms with Crippen molar-refractivity contribution in [3.05, 3.63) is 42.1 Å². The molecule has 1 amide bonds. The molecule has 4 heterocycles. The second kappa shape index (κ2) is 9.75. The maximum Gasteiger partial charge on any atom is 0.260 e. The summed E-state index contributed by atoms with van der Waals surface area (Å²) in [6, 6.07) is 9.72. The van der Waals surface area contributed by atoms with Crippen molar-refractivity contribution in [2.24, 2.45) is 0 Å². The quantitative estimate of drug-likeness (QED) is 0.655. The summed E-state index contributed by atoms with van der Waals surface area (Å²) in [5.41, 5.74) is 3.15. The molecule has 0 atom stereocenters. The number of amides is 1. The molecule has 1 aromatic carbocycles. The minimum atomic E-state index is -3.23. The van der Waals surface area contributed by atoms with E-state index in [9.17, 15) is 13.2 Å². The predicted octanol–water partition coefficient (Wildman–Crippen LogP) is 2.74. The molecule has 9 nitrogen and oxygen atoms in total. The third kappa shape index (κ3) is 4.87. The van der Waals surface area contributed by atoms with Gasteiger partial charge in [-0.3, -0.25) is 4.79 Å². The summed E-state index contributed by atoms with van der Waals surface area (Å²) in [7, 11) is 0.501. The summed E-state index contributed by atoms with van der Waals surface area (Å²) in [5, 5.41) is 3.50. The van der Waals surface area contributed by atoms with Gasteiger partial charge in [-0.1, -0.05) is 12.1 Å². The molecule has 3 aliphatic heterocycles. The Morgan fingerprint density at radius 3 is 2.43 bits per heavy atom. The van der Waals surface area contributed by atoms with E-state index in [1.807, 2.05) is 42.3 Å². The smallest absolute Gasteiger partial charge is 0.260 e. The number of carbonyl (C=O) groups is 1. The van der Waals surface area contributed by atoms with Crippen LogP contribution in [-0.4, -0.2) is 87.1 Å². The number of fused-ring (bicyclic) bond motifs is 2. The molecule has 0 radical (unpaired) electrons. The monoisotopic (exact) mass is 498 g/mol. The Morgan fingerprint density at radius 2 is 1.69 bits per heavy atom. The Hall–Kier alpha value is -2.69. The van der Waals surface area contributed by atoms with Gasteiger partial charge in [-0.05, 0) is 50.9 Å². The highest BCUT2D eigenvalue weighted by Crippen LogP contribution is 2.39. The van der Waals surface area contributed by atoms with Crippen molar-refractivity contribution >= 4 is 38.8 Å². The van der Waals surface area contributed by atoms with E-state index in [0.29, 0.717) is 25.2 Å². The summed E-state index contributed by atoms with van der Waals surface area (Å²) in [4.78, 5) is 23.5. The summed E-state index contributed by atoms with van der Waals surface area (Å²) in [6.07, 6.45) is 5.54. The van der Waals surface area contributed by atoms with Crippen LogP contribution in [0.15, 0.2) is 36.5 Å². The molecule has 188 valence electrons. The molecule has 2 fully saturated rings. The summed E-state index contributed by atoms with van der Waals surface area (Å²) >= 11 is 0. The van der Waals surface area contributed by atoms with Crippen molar-refractivity contribution in [2.45, 2.75) is 31.7 Å². The van der Waals surface area contributed by atoms with Gasteiger partial charge in [-0.25, -0.2) is 17.7 Å². The normalized spacial score (nSPS) is 20.0. The van der Waals surface area contributed by atoms with Gasteiger partial charge < -0.3 is 20.0 Å². The largest absolute Gasteiger partial charge is 0.367 e. The van der Waals surface area contributed by atoms with E-state index >= 15 is 0 Å². The maximum absolute atomic E-state index is 13.0. The molecular formula is C25H34N6O3S. The van der Waals surface area contributed by atoms with Crippen molar-refractivity contribution in [1.82, 2.24) is 14.2 Å². The second-order valence-electron chi connectivity index (χ2n) is 9.68. The zero-order valence-electron chi connectivity index (χ0n) is 20.5. The fourth-order valence-corrected chi connectivity index (χ4v) is 6.79. The highest BCUT2D eigenvalue weighted by Gasteiger charge is 2.30. The van der Waals surface area contributed by atoms with E-state index < -0.39 is 10.0 Å². The van der Waals surface area contributed by atoms with E-state index in [0.717, 1.165) is 48.8 Å². The van der Waals surface area contributed by atoms with E-state index in [1.54, 1.807) is 22.4 Å². The van der Waals surface area contributed by atoms with Crippen LogP contribution in [0.3, 0.4) is 0 Å². The van der Waals surface area contributed by atoms with Crippen LogP contribution < -0.4 is 15.1 Å². The van der Waals surface area contributed by atoms with Crippen LogP contribution in [0.1, 0.15) is 36.0 Å². The van der Waals surface area contributed by atoms with Crippen LogP contribution in [0.5, 0.6) is 0 Å². The maximum atomic E-state index is 13.0. The standard InChI is InChI=1S/C25H34N6O3S/c1-28-21-8-4-3-7-20(21)25(32)29(2)23-18-26-24(17-22(23)28)27-19-9-13-31(14-10-19)35(33,34)16-15-30-11-5-6-12-30/h3-4,7-8,17-19H,5-6,9-16H2,1-2H3,(H,26,27). The van der Waals surface area contributed by atoms with Crippen molar-refractivity contribution in [1.29, 1.82) is 0 Å². The lowest BCUT2D eigenvalue weighted by atomic mass is 10.1. The van der Waals surface area contributed by atoms with Crippen molar-refractivity contribution < 1.29 is 13.2 Å². The number of hydrogen-bond donors (Lipinski definition) is 1. The Morgan fingerprint density at radius 1 is 0.971 bits per heavy atom. The first-order valence-electron chi connectivity index (χ1n) is 12.4. The molecule has 0 unspecified atom stereocenters. The summed E-state index contributed by atoms with van der Waals surface area (Å²) < 4.78 is 27.3. The van der Waals surface area contributed by atoms with Crippen molar-refractivity contribution in [2.75, 3.05) is 67.7 Å². The molecule has 0 saturated carbocycles. The molecule has 0 aliphatic carbocycles. The summed E-state index contributed by atoms with van der Waals surface area (Å²) in [5.74, 6) is 0.871. The van der Waals surface area contributed by atoms with Gasteiger partial charge in [0.2, 0.25) is 10.0 Å². The average molecular weight is 499 g/mol. The van der Waals surface area contributed by atoms with Crippen LogP contribution in [0.25, 0.3) is 0 Å². The van der Waals surface area contributed by atoms with Crippen LogP contribution in [-0.2, 0) is 10.0 Å². The molecule has 1 N–H and O–H groups in total. The van der Waals surface area contributed by atoms with Crippen LogP contribution in [0.4, 0.5) is 22.9 Å². The molecule has 10 heteroatoms. The van der Waals surface area contributed by atoms with Crippen molar-refractivity contribution in [3.8, 4) is 0 Å². The van der Waals surface area contributed by atoms with Crippen LogP contribution >= 0.6 is 0 Å². The Bertz CT molecular complexity index is 1190. The topological polar surface area (TPSA) is 89.1 Å². The highest BCUT2D eigenvalue weighted by molar-refractivity contribution is 7.89. The molecule has 2 saturated heterocycles. The first-order valence-corrected chi connectivity index (χ1v) is 14.0. The Labute approximate surface area is 207 Å². The number of benzene rings is 1. The number of rotatable bonds is 6. The van der Waals surface area contributed by atoms with E-state index in [1.165, 1.54) is 12.8 Å². The summed E-state index contributed by atoms with van der Waals surface area (Å²) in [6.45, 7) is 3.71. The Balaban J connectivity index is 1.24. The number of hydrogen-bond acceptors (Lipinski definition) is 7. The molecule has 5 rings (SSSR count). The predicted molar refractivity (Wildman–Crippen MR) is 139 cm³/mol. The molecule has 0 bridgehead atoms. The number of nitrogens with one attached hydrogen (secondary N) is 1. The molecule has 1 aromatic heterocycles. The van der Waals surface area contributed by atoms with Gasteiger partial charge in [0.1, 0.15) is 5.82 Å². The van der Waals surface area contributed by atoms with E-state index in [-0.39, 0.29) is 17.7 Å². The Kier molecular flexibility index (Phi) is 6.69. The lowest BCUT2D eigenvalue weighted by Gasteiger charge is -2.32. The minimum Gasteiger partial charge on any atom is -0.367 e. The number of sulfonamides is 1. The fraction of sp³-hybridized carbons (Fsp3) is 0.520. The molecule has 3 aliphatic rings. The fourth-order valence-electron chi connectivity index (χ4n) is 5.28. The number of anilines is 4. The molecule has 2 aromatic rings. The third-order valence-corrected chi connectivity index (χ3v) is 9.30. The van der Waals surface area contributed by atoms with Gasteiger partial charge in [0.25, 0.3) is 5.91 Å². The van der Waals surface area contributed by atoms with Gasteiger partial charge in [-0.15, -0.1) is 0 Å². The number of likely N-dealkylation sites (tertiary alicyclic amines) is 1. The number of aromatic nitrogens is 1. The first-order chi connectivity index (χ1) is 16.8. The van der Waals surface area contributed by atoms with E-state index in [2.05, 4.69) is 15.2 Å². The molecule has 0 spiro atoms. The van der Waals surface area contributed by atoms with Crippen LogP contribution in [0.2, 0.25) is 0 Å². The van der Waals surface area contributed by atoms with Gasteiger partial charge in [0.05, 0.1) is 34.6 Å². The van der Waals surface area contributed by atoms with E-state index in [4.69, 9.17) is 0 Å². The molecule has 35 heavy (non-hydrogen) atoms. The van der Waals surface area contributed by atoms with Crippen molar-refractivity contribution in [3.63, 3.8) is 0 Å². The average Bonchev–Trinajstić information content (AvgIpc) is 3.38. The van der Waals surface area contributed by atoms with Gasteiger partial charge in [0.15, 0.2) is 0 Å². The number of carbonyl (C=O) groups excluding carboxylic acids is 1. The first kappa shape index (κ1) is 24.0. The SMILES string of the molecule is CN1C(=O)c2ccccc2N(C)c2cc(NC3CCN(S(=O)(=O)CCN4CCCC4)CC3)ncc21. The zero-order chi connectivity index (χ0) is 24.6. The van der Waals surface area contributed by atoms with Gasteiger partial charge in [-0.2, -0.15) is 0 Å². The van der Waals surface area contributed by atoms with Gasteiger partial charge in [0, 0.05) is 45.8 Å². The highest BCUT2D eigenvalue weighted by atomic mass is 32.2. The van der Waals surface area contributed by atoms with Gasteiger partial charge >= 0.3 is 0 Å². The number of nitrogens with zero attached hydrogens (tertiary/aromatic N) is 5. The molecular weight excluding hydrogens is 464 g/mol. The number of pyridine rings is 1. The second-order valence-corrected chi connectivity index (χ2v) is 11.8. The van der Waals surface area contributed by atoms with Crippen LogP contribution in [0, 0.1) is 0 Å². The lowest BCUT2D eigenvalue weighted by molar-refractivity contribution is 0.0994. The number of piperidine rings is 1. The lowest BCUT2D eigenvalue weighted by Crippen LogP contribution is -2.44. The number of para-hydroxylation sites is 1. The zero-order valence-corrected chi connectivity index (χ0v) is 21.3. The third-order valence-electron chi connectivity index (χ3n) is 7.45.